The van der Waals surface area contributed by atoms with Crippen molar-refractivity contribution in [3.05, 3.63) is 96.1 Å². The number of rotatable bonds is 8. The van der Waals surface area contributed by atoms with Gasteiger partial charge in [0.1, 0.15) is 5.75 Å². The van der Waals surface area contributed by atoms with Crippen molar-refractivity contribution in [2.24, 2.45) is 0 Å². The van der Waals surface area contributed by atoms with Crippen molar-refractivity contribution in [3.8, 4) is 28.3 Å². The highest BCUT2D eigenvalue weighted by Gasteiger charge is 2.21. The van der Waals surface area contributed by atoms with Gasteiger partial charge < -0.3 is 4.74 Å². The Kier molecular flexibility index (Phi) is 5.84. The average molecular weight is 454 g/mol. The summed E-state index contributed by atoms with van der Waals surface area (Å²) < 4.78 is 7.45. The molecule has 0 radical (unpaired) electrons. The van der Waals surface area contributed by atoms with Gasteiger partial charge in [-0.15, -0.1) is 16.8 Å². The number of methoxy groups -OCH3 is 1. The van der Waals surface area contributed by atoms with Gasteiger partial charge in [0.05, 0.1) is 18.4 Å². The third-order valence-corrected chi connectivity index (χ3v) is 6.80. The predicted molar refractivity (Wildman–Crippen MR) is 132 cm³/mol. The molecule has 1 aliphatic rings. The Morgan fingerprint density at radius 1 is 1.03 bits per heavy atom. The minimum absolute atomic E-state index is 0.0687. The number of hydrogen-bond donors (Lipinski definition) is 0. The van der Waals surface area contributed by atoms with Gasteiger partial charge >= 0.3 is 0 Å². The van der Waals surface area contributed by atoms with E-state index in [4.69, 9.17) is 4.74 Å². The molecular weight excluding hydrogens is 430 g/mol. The number of carbonyl (C=O) groups is 1. The molecule has 0 saturated heterocycles. The van der Waals surface area contributed by atoms with Crippen LogP contribution < -0.4 is 4.74 Å². The maximum absolute atomic E-state index is 13.1. The lowest BCUT2D eigenvalue weighted by atomic mass is 10.0. The second-order valence-electron chi connectivity index (χ2n) is 7.82. The van der Waals surface area contributed by atoms with Gasteiger partial charge in [0, 0.05) is 12.1 Å². The van der Waals surface area contributed by atoms with Crippen LogP contribution in [0.25, 0.3) is 22.5 Å². The zero-order chi connectivity index (χ0) is 22.8. The molecule has 0 amide bonds. The number of hydrogen-bond acceptors (Lipinski definition) is 5. The fraction of sp³-hybridized carbons (Fsp3) is 0.148. The third-order valence-electron chi connectivity index (χ3n) is 5.83. The van der Waals surface area contributed by atoms with Gasteiger partial charge in [0.15, 0.2) is 16.8 Å². The first-order valence-corrected chi connectivity index (χ1v) is 11.7. The molecule has 0 aliphatic heterocycles. The van der Waals surface area contributed by atoms with Gasteiger partial charge in [-0.3, -0.25) is 9.36 Å². The van der Waals surface area contributed by atoms with Crippen molar-refractivity contribution < 1.29 is 9.53 Å². The molecule has 164 valence electrons. The summed E-state index contributed by atoms with van der Waals surface area (Å²) in [6.45, 7) is 4.40. The summed E-state index contributed by atoms with van der Waals surface area (Å²) in [7, 11) is 1.64. The minimum Gasteiger partial charge on any atom is -0.496 e. The van der Waals surface area contributed by atoms with Crippen molar-refractivity contribution in [2.75, 3.05) is 12.9 Å². The summed E-state index contributed by atoms with van der Waals surface area (Å²) in [5.41, 5.74) is 6.54. The summed E-state index contributed by atoms with van der Waals surface area (Å²) in [5, 5.41) is 9.43. The second-order valence-corrected chi connectivity index (χ2v) is 8.77. The molecule has 1 aromatic heterocycles. The molecule has 3 aromatic carbocycles. The van der Waals surface area contributed by atoms with Crippen molar-refractivity contribution in [1.29, 1.82) is 0 Å². The number of fused-ring (bicyclic) bond motifs is 3. The molecule has 0 unspecified atom stereocenters. The van der Waals surface area contributed by atoms with Crippen LogP contribution in [0, 0.1) is 0 Å². The Hall–Kier alpha value is -3.64. The monoisotopic (exact) mass is 453 g/mol. The van der Waals surface area contributed by atoms with Crippen LogP contribution in [0.3, 0.4) is 0 Å². The quantitative estimate of drug-likeness (QED) is 0.172. The van der Waals surface area contributed by atoms with Gasteiger partial charge in [0.25, 0.3) is 0 Å². The summed E-state index contributed by atoms with van der Waals surface area (Å²) >= 11 is 1.39. The predicted octanol–water partition coefficient (Wildman–Crippen LogP) is 5.69. The first-order chi connectivity index (χ1) is 16.2. The molecule has 4 aromatic rings. The van der Waals surface area contributed by atoms with Crippen LogP contribution in [-0.4, -0.2) is 33.4 Å². The Labute approximate surface area is 197 Å². The van der Waals surface area contributed by atoms with Crippen LogP contribution in [0.4, 0.5) is 0 Å². The molecular formula is C27H23N3O2S. The molecule has 0 bridgehead atoms. The zero-order valence-corrected chi connectivity index (χ0v) is 19.1. The standard InChI is InChI=1S/C27H23N3O2S/c1-3-14-30-26(22-10-6-7-11-25(22)32-2)28-29-27(30)33-17-24(31)20-13-12-19-15-18-8-4-5-9-21(18)23(19)16-20/h3-13,16H,1,14-15,17H2,2H3. The van der Waals surface area contributed by atoms with E-state index in [2.05, 4.69) is 41.0 Å². The Morgan fingerprint density at radius 2 is 1.79 bits per heavy atom. The smallest absolute Gasteiger partial charge is 0.192 e. The van der Waals surface area contributed by atoms with Crippen LogP contribution in [0.2, 0.25) is 0 Å². The van der Waals surface area contributed by atoms with E-state index in [9.17, 15) is 4.79 Å². The van der Waals surface area contributed by atoms with E-state index >= 15 is 0 Å². The summed E-state index contributed by atoms with van der Waals surface area (Å²) in [6.07, 6.45) is 2.72. The molecule has 5 nitrogen and oxygen atoms in total. The largest absolute Gasteiger partial charge is 0.496 e. The molecule has 0 N–H and O–H groups in total. The molecule has 33 heavy (non-hydrogen) atoms. The number of carbonyl (C=O) groups excluding carboxylic acids is 1. The van der Waals surface area contributed by atoms with E-state index in [1.54, 1.807) is 13.2 Å². The molecule has 0 spiro atoms. The SMILES string of the molecule is C=CCn1c(SCC(=O)c2ccc3c(c2)-c2ccccc2C3)nnc1-c1ccccc1OC. The van der Waals surface area contributed by atoms with Gasteiger partial charge in [-0.25, -0.2) is 0 Å². The molecule has 5 rings (SSSR count). The normalized spacial score (nSPS) is 11.7. The van der Waals surface area contributed by atoms with Crippen molar-refractivity contribution in [1.82, 2.24) is 14.8 Å². The van der Waals surface area contributed by atoms with E-state index in [1.807, 2.05) is 47.0 Å². The molecule has 6 heteroatoms. The lowest BCUT2D eigenvalue weighted by Gasteiger charge is -2.10. The van der Waals surface area contributed by atoms with E-state index < -0.39 is 0 Å². The average Bonchev–Trinajstić information content (AvgIpc) is 3.43. The highest BCUT2D eigenvalue weighted by Crippen LogP contribution is 2.37. The third kappa shape index (κ3) is 3.98. The van der Waals surface area contributed by atoms with Crippen LogP contribution in [0.1, 0.15) is 21.5 Å². The molecule has 0 saturated carbocycles. The maximum Gasteiger partial charge on any atom is 0.192 e. The summed E-state index contributed by atoms with van der Waals surface area (Å²) in [5.74, 6) is 1.76. The number of thioether (sulfide) groups is 1. The highest BCUT2D eigenvalue weighted by molar-refractivity contribution is 7.99. The van der Waals surface area contributed by atoms with Crippen molar-refractivity contribution in [2.45, 2.75) is 18.1 Å². The zero-order valence-electron chi connectivity index (χ0n) is 18.3. The van der Waals surface area contributed by atoms with Crippen molar-refractivity contribution in [3.63, 3.8) is 0 Å². The van der Waals surface area contributed by atoms with Crippen LogP contribution in [0.5, 0.6) is 5.75 Å². The molecule has 0 atom stereocenters. The van der Waals surface area contributed by atoms with E-state index in [1.165, 1.54) is 28.5 Å². The summed E-state index contributed by atoms with van der Waals surface area (Å²) in [4.78, 5) is 13.1. The lowest BCUT2D eigenvalue weighted by Crippen LogP contribution is -2.06. The number of nitrogens with zero attached hydrogens (tertiary/aromatic N) is 3. The Morgan fingerprint density at radius 3 is 2.61 bits per heavy atom. The topological polar surface area (TPSA) is 57.0 Å². The lowest BCUT2D eigenvalue weighted by molar-refractivity contribution is 0.102. The molecule has 1 heterocycles. The van der Waals surface area contributed by atoms with Gasteiger partial charge in [-0.2, -0.15) is 0 Å². The number of benzene rings is 3. The first-order valence-electron chi connectivity index (χ1n) is 10.7. The first kappa shape index (κ1) is 21.2. The van der Waals surface area contributed by atoms with Gasteiger partial charge in [0.2, 0.25) is 0 Å². The number of Topliss-reactive ketones (excluding diaryl/α,β-unsaturated/α-hetero) is 1. The van der Waals surface area contributed by atoms with Crippen molar-refractivity contribution >= 4 is 17.5 Å². The molecule has 1 aliphatic carbocycles. The van der Waals surface area contributed by atoms with Gasteiger partial charge in [-0.05, 0) is 46.9 Å². The maximum atomic E-state index is 13.1. The van der Waals surface area contributed by atoms with Gasteiger partial charge in [-0.1, -0.05) is 66.4 Å². The molecule has 0 fully saturated rings. The Balaban J connectivity index is 1.38. The number of ether oxygens (including phenoxy) is 1. The highest BCUT2D eigenvalue weighted by atomic mass is 32.2. The van der Waals surface area contributed by atoms with E-state index in [0.717, 1.165) is 28.9 Å². The number of allylic oxidation sites excluding steroid dienone is 1. The van der Waals surface area contributed by atoms with Crippen LogP contribution in [-0.2, 0) is 13.0 Å². The summed E-state index contributed by atoms with van der Waals surface area (Å²) in [6, 6.07) is 22.1. The van der Waals surface area contributed by atoms with Crippen LogP contribution >= 0.6 is 11.8 Å². The number of para-hydroxylation sites is 1. The van der Waals surface area contributed by atoms with E-state index in [-0.39, 0.29) is 11.5 Å². The second kappa shape index (κ2) is 9.08. The fourth-order valence-corrected chi connectivity index (χ4v) is 5.07. The van der Waals surface area contributed by atoms with Crippen LogP contribution in [0.15, 0.2) is 84.5 Å². The fourth-order valence-electron chi connectivity index (χ4n) is 4.23. The number of ketones is 1. The minimum atomic E-state index is 0.0687. The Bertz CT molecular complexity index is 1360. The van der Waals surface area contributed by atoms with E-state index in [0.29, 0.717) is 17.5 Å². The number of aromatic nitrogens is 3.